The molecule has 3 N–H and O–H groups in total. The number of rotatable bonds is 4. The van der Waals surface area contributed by atoms with Gasteiger partial charge in [-0.05, 0) is 42.6 Å². The molecule has 0 radical (unpaired) electrons. The van der Waals surface area contributed by atoms with Gasteiger partial charge in [0.25, 0.3) is 0 Å². The minimum atomic E-state index is -1.12. The molecule has 0 spiro atoms. The van der Waals surface area contributed by atoms with E-state index in [2.05, 4.69) is 17.0 Å². The molecule has 5 nitrogen and oxygen atoms in total. The maximum Gasteiger partial charge on any atom is 0.119 e. The second-order valence-corrected chi connectivity index (χ2v) is 8.33. The number of hydrogen-bond acceptors (Lipinski definition) is 5. The predicted molar refractivity (Wildman–Crippen MR) is 107 cm³/mol. The van der Waals surface area contributed by atoms with E-state index in [0.717, 1.165) is 24.4 Å². The van der Waals surface area contributed by atoms with Gasteiger partial charge in [-0.3, -0.25) is 4.90 Å². The Morgan fingerprint density at radius 2 is 1.79 bits per heavy atom. The number of hydrogen-bond donors (Lipinski definition) is 3. The van der Waals surface area contributed by atoms with Gasteiger partial charge in [0.1, 0.15) is 5.75 Å². The summed E-state index contributed by atoms with van der Waals surface area (Å²) in [5.41, 5.74) is 0.453. The smallest absolute Gasteiger partial charge is 0.119 e. The Hall–Kier alpha value is -1.92. The van der Waals surface area contributed by atoms with Crippen LogP contribution in [-0.4, -0.2) is 58.2 Å². The highest BCUT2D eigenvalue weighted by atomic mass is 16.5. The average molecular weight is 383 g/mol. The fourth-order valence-corrected chi connectivity index (χ4v) is 5.14. The van der Waals surface area contributed by atoms with Gasteiger partial charge in [0.15, 0.2) is 0 Å². The van der Waals surface area contributed by atoms with Crippen LogP contribution in [-0.2, 0) is 12.0 Å². The summed E-state index contributed by atoms with van der Waals surface area (Å²) in [6.45, 7) is 2.04. The lowest BCUT2D eigenvalue weighted by atomic mass is 9.55. The van der Waals surface area contributed by atoms with E-state index in [4.69, 9.17) is 4.74 Å². The highest BCUT2D eigenvalue weighted by Crippen LogP contribution is 2.52. The van der Waals surface area contributed by atoms with Crippen LogP contribution in [0.1, 0.15) is 30.4 Å². The van der Waals surface area contributed by atoms with Gasteiger partial charge in [-0.2, -0.15) is 0 Å². The van der Waals surface area contributed by atoms with Gasteiger partial charge in [-0.25, -0.2) is 0 Å². The van der Waals surface area contributed by atoms with Gasteiger partial charge in [0.05, 0.1) is 24.9 Å². The van der Waals surface area contributed by atoms with Crippen molar-refractivity contribution < 1.29 is 20.1 Å². The first kappa shape index (κ1) is 19.4. The largest absolute Gasteiger partial charge is 0.497 e. The van der Waals surface area contributed by atoms with E-state index in [9.17, 15) is 15.3 Å². The molecule has 4 atom stereocenters. The van der Waals surface area contributed by atoms with Crippen molar-refractivity contribution >= 4 is 0 Å². The van der Waals surface area contributed by atoms with Crippen molar-refractivity contribution in [1.82, 2.24) is 4.90 Å². The monoisotopic (exact) mass is 383 g/mol. The van der Waals surface area contributed by atoms with E-state index >= 15 is 0 Å². The Morgan fingerprint density at radius 1 is 1.04 bits per heavy atom. The van der Waals surface area contributed by atoms with E-state index in [0.29, 0.717) is 19.4 Å². The number of nitrogens with zero attached hydrogens (tertiary/aromatic N) is 1. The summed E-state index contributed by atoms with van der Waals surface area (Å²) in [5.74, 6) is 0.738. The standard InChI is InChI=1S/C23H29NO4/c1-28-19-9-5-8-18(12-19)22-10-11-24(15-17-6-3-2-4-7-17)16-23(22,27)14-21(26)20(25)13-22/h2-9,12,20-21,25-27H,10-11,13-16H2,1H3. The maximum atomic E-state index is 11.8. The van der Waals surface area contributed by atoms with Gasteiger partial charge < -0.3 is 20.1 Å². The summed E-state index contributed by atoms with van der Waals surface area (Å²) in [4.78, 5) is 2.25. The molecule has 2 aromatic rings. The Bertz CT molecular complexity index is 813. The molecule has 2 aromatic carbocycles. The fourth-order valence-electron chi connectivity index (χ4n) is 5.14. The molecule has 0 bridgehead atoms. The molecule has 150 valence electrons. The molecule has 0 amide bonds. The Balaban J connectivity index is 1.67. The van der Waals surface area contributed by atoms with Crippen molar-refractivity contribution in [2.24, 2.45) is 0 Å². The number of β-amino-alcohol motifs (C(OH)–C–C–N with tert-alkyl or cyclic N) is 1. The third-order valence-corrected chi connectivity index (χ3v) is 6.65. The number of ether oxygens (including phenoxy) is 1. The van der Waals surface area contributed by atoms with Gasteiger partial charge in [0, 0.05) is 24.9 Å². The lowest BCUT2D eigenvalue weighted by molar-refractivity contribution is -0.179. The first-order chi connectivity index (χ1) is 13.5. The summed E-state index contributed by atoms with van der Waals surface area (Å²) < 4.78 is 5.40. The van der Waals surface area contributed by atoms with Crippen molar-refractivity contribution in [1.29, 1.82) is 0 Å². The van der Waals surface area contributed by atoms with Crippen LogP contribution in [0.4, 0.5) is 0 Å². The number of benzene rings is 2. The molecule has 5 heteroatoms. The van der Waals surface area contributed by atoms with Crippen LogP contribution in [0.3, 0.4) is 0 Å². The highest BCUT2D eigenvalue weighted by molar-refractivity contribution is 5.39. The number of aliphatic hydroxyl groups excluding tert-OH is 2. The van der Waals surface area contributed by atoms with Gasteiger partial charge >= 0.3 is 0 Å². The second kappa shape index (κ2) is 7.48. The Morgan fingerprint density at radius 3 is 2.54 bits per heavy atom. The van der Waals surface area contributed by atoms with E-state index in [1.807, 2.05) is 42.5 Å². The molecule has 0 aromatic heterocycles. The summed E-state index contributed by atoms with van der Waals surface area (Å²) in [5, 5.41) is 32.7. The number of fused-ring (bicyclic) bond motifs is 1. The SMILES string of the molecule is COc1cccc(C23CCN(Cc4ccccc4)CC2(O)CC(O)C(O)C3)c1. The maximum absolute atomic E-state index is 11.8. The summed E-state index contributed by atoms with van der Waals surface area (Å²) >= 11 is 0. The van der Waals surface area contributed by atoms with E-state index in [1.54, 1.807) is 7.11 Å². The molecule has 1 aliphatic heterocycles. The lowest BCUT2D eigenvalue weighted by Crippen LogP contribution is -2.68. The zero-order chi connectivity index (χ0) is 19.8. The molecule has 4 unspecified atom stereocenters. The van der Waals surface area contributed by atoms with Crippen LogP contribution in [0.2, 0.25) is 0 Å². The summed E-state index contributed by atoms with van der Waals surface area (Å²) in [6.07, 6.45) is -0.534. The molecule has 2 fully saturated rings. The molecule has 28 heavy (non-hydrogen) atoms. The third-order valence-electron chi connectivity index (χ3n) is 6.65. The minimum absolute atomic E-state index is 0.163. The lowest BCUT2D eigenvalue weighted by Gasteiger charge is -2.58. The molecular formula is C23H29NO4. The second-order valence-electron chi connectivity index (χ2n) is 8.33. The zero-order valence-electron chi connectivity index (χ0n) is 16.3. The minimum Gasteiger partial charge on any atom is -0.497 e. The number of piperidine rings is 1. The highest BCUT2D eigenvalue weighted by Gasteiger charge is 2.59. The summed E-state index contributed by atoms with van der Waals surface area (Å²) in [7, 11) is 1.63. The number of methoxy groups -OCH3 is 1. The molecule has 1 heterocycles. The average Bonchev–Trinajstić information content (AvgIpc) is 2.70. The van der Waals surface area contributed by atoms with Crippen LogP contribution >= 0.6 is 0 Å². The molecule has 1 saturated heterocycles. The molecule has 2 aliphatic rings. The van der Waals surface area contributed by atoms with Crippen molar-refractivity contribution in [3.8, 4) is 5.75 Å². The van der Waals surface area contributed by atoms with Crippen LogP contribution in [0.5, 0.6) is 5.75 Å². The Labute approximate surface area is 166 Å². The van der Waals surface area contributed by atoms with E-state index < -0.39 is 23.2 Å². The van der Waals surface area contributed by atoms with E-state index in [1.165, 1.54) is 5.56 Å². The van der Waals surface area contributed by atoms with Crippen LogP contribution in [0.25, 0.3) is 0 Å². The van der Waals surface area contributed by atoms with Gasteiger partial charge in [-0.15, -0.1) is 0 Å². The van der Waals surface area contributed by atoms with Crippen LogP contribution < -0.4 is 4.74 Å². The quantitative estimate of drug-likeness (QED) is 0.754. The predicted octanol–water partition coefficient (Wildman–Crippen LogP) is 2.09. The number of likely N-dealkylation sites (tertiary alicyclic amines) is 1. The van der Waals surface area contributed by atoms with Crippen molar-refractivity contribution in [3.63, 3.8) is 0 Å². The first-order valence-corrected chi connectivity index (χ1v) is 9.95. The molecule has 1 aliphatic carbocycles. The van der Waals surface area contributed by atoms with Crippen molar-refractivity contribution in [3.05, 3.63) is 65.7 Å². The van der Waals surface area contributed by atoms with Crippen molar-refractivity contribution in [2.45, 2.75) is 49.0 Å². The van der Waals surface area contributed by atoms with Crippen molar-refractivity contribution in [2.75, 3.05) is 20.2 Å². The van der Waals surface area contributed by atoms with Gasteiger partial charge in [0.2, 0.25) is 0 Å². The van der Waals surface area contributed by atoms with Crippen LogP contribution in [0.15, 0.2) is 54.6 Å². The third kappa shape index (κ3) is 3.33. The summed E-state index contributed by atoms with van der Waals surface area (Å²) in [6, 6.07) is 18.0. The molecule has 4 rings (SSSR count). The fraction of sp³-hybridized carbons (Fsp3) is 0.478. The first-order valence-electron chi connectivity index (χ1n) is 9.95. The normalized spacial score (nSPS) is 33.3. The molecule has 1 saturated carbocycles. The van der Waals surface area contributed by atoms with Crippen LogP contribution in [0, 0.1) is 0 Å². The molecular weight excluding hydrogens is 354 g/mol. The number of aliphatic hydroxyl groups is 3. The zero-order valence-corrected chi connectivity index (χ0v) is 16.3. The van der Waals surface area contributed by atoms with Gasteiger partial charge in [-0.1, -0.05) is 42.5 Å². The topological polar surface area (TPSA) is 73.2 Å². The Kier molecular flexibility index (Phi) is 5.19. The van der Waals surface area contributed by atoms with E-state index in [-0.39, 0.29) is 6.42 Å².